The highest BCUT2D eigenvalue weighted by Gasteiger charge is 2.28. The Morgan fingerprint density at radius 1 is 1.20 bits per heavy atom. The Kier molecular flexibility index (Phi) is 7.11. The lowest BCUT2D eigenvalue weighted by atomic mass is 10.1. The van der Waals surface area contributed by atoms with Crippen molar-refractivity contribution in [2.75, 3.05) is 26.2 Å². The van der Waals surface area contributed by atoms with E-state index in [1.807, 2.05) is 12.1 Å². The summed E-state index contributed by atoms with van der Waals surface area (Å²) in [7, 11) is 2.94. The predicted octanol–water partition coefficient (Wildman–Crippen LogP) is 2.90. The molecule has 0 aliphatic carbocycles. The van der Waals surface area contributed by atoms with Crippen molar-refractivity contribution in [3.05, 3.63) is 23.3 Å². The van der Waals surface area contributed by atoms with Gasteiger partial charge in [0.1, 0.15) is 0 Å². The molecule has 0 unspecified atom stereocenters. The Hall–Kier alpha value is -1.76. The Bertz CT molecular complexity index is 634. The fourth-order valence-electron chi connectivity index (χ4n) is 2.77. The van der Waals surface area contributed by atoms with Crippen molar-refractivity contribution in [3.63, 3.8) is 0 Å². The summed E-state index contributed by atoms with van der Waals surface area (Å²) in [6.07, 6.45) is 1.04. The van der Waals surface area contributed by atoms with E-state index in [0.717, 1.165) is 22.9 Å². The van der Waals surface area contributed by atoms with Crippen LogP contribution in [0.4, 0.5) is 0 Å². The average Bonchev–Trinajstić information content (AvgIpc) is 3.03. The molecule has 1 aromatic rings. The molecule has 1 aliphatic rings. The van der Waals surface area contributed by atoms with Gasteiger partial charge >= 0.3 is 5.97 Å². The Balaban J connectivity index is 2.06. The minimum atomic E-state index is -0.445. The van der Waals surface area contributed by atoms with Gasteiger partial charge in [0.05, 0.1) is 26.7 Å². The molecule has 0 aromatic heterocycles. The minimum absolute atomic E-state index is 0.0603. The van der Waals surface area contributed by atoms with Gasteiger partial charge in [0.25, 0.3) is 0 Å². The predicted molar refractivity (Wildman–Crippen MR) is 97.0 cm³/mol. The molecule has 6 nitrogen and oxygen atoms in total. The van der Waals surface area contributed by atoms with Crippen molar-refractivity contribution < 1.29 is 23.8 Å². The maximum atomic E-state index is 12.4. The number of nitrogens with zero attached hydrogens (tertiary/aromatic N) is 1. The van der Waals surface area contributed by atoms with E-state index in [0.29, 0.717) is 31.2 Å². The van der Waals surface area contributed by atoms with Gasteiger partial charge in [0, 0.05) is 24.8 Å². The molecular formula is C18H24BrNO5. The van der Waals surface area contributed by atoms with E-state index >= 15 is 0 Å². The van der Waals surface area contributed by atoms with E-state index in [1.165, 1.54) is 7.11 Å². The maximum Gasteiger partial charge on any atom is 0.308 e. The maximum absolute atomic E-state index is 12.4. The summed E-state index contributed by atoms with van der Waals surface area (Å²) in [6.45, 7) is 3.33. The molecule has 1 aromatic carbocycles. The molecule has 0 saturated heterocycles. The summed E-state index contributed by atoms with van der Waals surface area (Å²) < 4.78 is 15.9. The number of fused-ring (bicyclic) bond motifs is 1. The van der Waals surface area contributed by atoms with Crippen LogP contribution in [0.2, 0.25) is 0 Å². The summed E-state index contributed by atoms with van der Waals surface area (Å²) >= 11 is 3.38. The monoisotopic (exact) mass is 413 g/mol. The van der Waals surface area contributed by atoms with E-state index < -0.39 is 5.92 Å². The van der Waals surface area contributed by atoms with Crippen LogP contribution in [0.1, 0.15) is 30.9 Å². The van der Waals surface area contributed by atoms with Crippen LogP contribution < -0.4 is 9.47 Å². The lowest BCUT2D eigenvalue weighted by Crippen LogP contribution is -2.29. The highest BCUT2D eigenvalue weighted by Crippen LogP contribution is 2.35. The number of ether oxygens (including phenoxy) is 3. The molecule has 2 rings (SSSR count). The van der Waals surface area contributed by atoms with Gasteiger partial charge in [-0.05, 0) is 29.7 Å². The molecule has 1 heterocycles. The quantitative estimate of drug-likeness (QED) is 0.372. The largest absolute Gasteiger partial charge is 0.493 e. The highest BCUT2D eigenvalue weighted by molar-refractivity contribution is 9.09. The van der Waals surface area contributed by atoms with Gasteiger partial charge in [-0.3, -0.25) is 9.59 Å². The number of amides is 1. The normalized spacial score (nSPS) is 14.0. The van der Waals surface area contributed by atoms with Gasteiger partial charge in [-0.15, -0.1) is 0 Å². The van der Waals surface area contributed by atoms with Crippen LogP contribution in [0.25, 0.3) is 0 Å². The summed E-state index contributed by atoms with van der Waals surface area (Å²) in [5, 5.41) is 0.876. The van der Waals surface area contributed by atoms with Gasteiger partial charge < -0.3 is 19.1 Å². The zero-order valence-corrected chi connectivity index (χ0v) is 16.4. The lowest BCUT2D eigenvalue weighted by Gasteiger charge is -2.17. The van der Waals surface area contributed by atoms with Crippen molar-refractivity contribution in [3.8, 4) is 11.5 Å². The molecule has 1 aliphatic heterocycles. The molecule has 0 saturated carbocycles. The molecule has 0 bridgehead atoms. The molecule has 7 heteroatoms. The minimum Gasteiger partial charge on any atom is -0.493 e. The second-order valence-corrected chi connectivity index (χ2v) is 6.83. The highest BCUT2D eigenvalue weighted by atomic mass is 79.9. The molecule has 0 spiro atoms. The first-order valence-electron chi connectivity index (χ1n) is 8.24. The fraction of sp³-hybridized carbons (Fsp3) is 0.556. The van der Waals surface area contributed by atoms with Crippen LogP contribution in [-0.2, 0) is 27.4 Å². The third-order valence-electron chi connectivity index (χ3n) is 4.18. The zero-order chi connectivity index (χ0) is 18.4. The van der Waals surface area contributed by atoms with Gasteiger partial charge in [-0.25, -0.2) is 0 Å². The Morgan fingerprint density at radius 3 is 2.40 bits per heavy atom. The van der Waals surface area contributed by atoms with Crippen LogP contribution in [0, 0.1) is 5.92 Å². The third kappa shape index (κ3) is 4.87. The first-order valence-corrected chi connectivity index (χ1v) is 9.36. The number of hydrogen-bond acceptors (Lipinski definition) is 5. The standard InChI is InChI=1S/C18H24BrNO5/c1-12(18(22)24-3)7-17(21)20-10-13-8-15(23-2)16(9-14(13)11-20)25-6-4-5-19/h8-9,12H,4-7,10-11H2,1-3H3/t12-/m1/s1. The van der Waals surface area contributed by atoms with Crippen LogP contribution in [0.5, 0.6) is 11.5 Å². The van der Waals surface area contributed by atoms with Crippen molar-refractivity contribution in [2.24, 2.45) is 5.92 Å². The molecule has 1 amide bonds. The molecule has 1 atom stereocenters. The first kappa shape index (κ1) is 19.6. The van der Waals surface area contributed by atoms with Gasteiger partial charge in [0.15, 0.2) is 11.5 Å². The first-order chi connectivity index (χ1) is 12.0. The second kappa shape index (κ2) is 9.08. The van der Waals surface area contributed by atoms with Crippen molar-refractivity contribution in [1.29, 1.82) is 0 Å². The molecule has 25 heavy (non-hydrogen) atoms. The lowest BCUT2D eigenvalue weighted by molar-refractivity contribution is -0.148. The van der Waals surface area contributed by atoms with E-state index in [-0.39, 0.29) is 18.3 Å². The topological polar surface area (TPSA) is 65.1 Å². The SMILES string of the molecule is COC(=O)[C@H](C)CC(=O)N1Cc2cc(OC)c(OCCCBr)cc2C1. The van der Waals surface area contributed by atoms with E-state index in [1.54, 1.807) is 18.9 Å². The summed E-state index contributed by atoms with van der Waals surface area (Å²) in [5.41, 5.74) is 2.09. The molecular weight excluding hydrogens is 390 g/mol. The van der Waals surface area contributed by atoms with Crippen LogP contribution in [-0.4, -0.2) is 42.9 Å². The van der Waals surface area contributed by atoms with E-state index in [2.05, 4.69) is 20.7 Å². The summed E-state index contributed by atoms with van der Waals surface area (Å²) in [6, 6.07) is 3.87. The van der Waals surface area contributed by atoms with Gasteiger partial charge in [-0.2, -0.15) is 0 Å². The second-order valence-electron chi connectivity index (χ2n) is 6.04. The molecule has 0 N–H and O–H groups in total. The van der Waals surface area contributed by atoms with E-state index in [4.69, 9.17) is 9.47 Å². The summed E-state index contributed by atoms with van der Waals surface area (Å²) in [4.78, 5) is 25.7. The number of halogens is 1. The fourth-order valence-corrected chi connectivity index (χ4v) is 3.00. The number of esters is 1. The van der Waals surface area contributed by atoms with Crippen LogP contribution in [0.3, 0.4) is 0 Å². The van der Waals surface area contributed by atoms with Gasteiger partial charge in [-0.1, -0.05) is 22.9 Å². The van der Waals surface area contributed by atoms with Crippen molar-refractivity contribution in [2.45, 2.75) is 32.9 Å². The third-order valence-corrected chi connectivity index (χ3v) is 4.74. The van der Waals surface area contributed by atoms with Crippen molar-refractivity contribution in [1.82, 2.24) is 4.90 Å². The van der Waals surface area contributed by atoms with Crippen LogP contribution in [0.15, 0.2) is 12.1 Å². The number of carbonyl (C=O) groups is 2. The molecule has 0 radical (unpaired) electrons. The van der Waals surface area contributed by atoms with E-state index in [9.17, 15) is 9.59 Å². The average molecular weight is 414 g/mol. The number of alkyl halides is 1. The Morgan fingerprint density at radius 2 is 1.84 bits per heavy atom. The smallest absolute Gasteiger partial charge is 0.308 e. The number of hydrogen-bond donors (Lipinski definition) is 0. The number of rotatable bonds is 8. The number of carbonyl (C=O) groups excluding carboxylic acids is 2. The molecule has 0 fully saturated rings. The van der Waals surface area contributed by atoms with Crippen LogP contribution >= 0.6 is 15.9 Å². The number of benzene rings is 1. The zero-order valence-electron chi connectivity index (χ0n) is 14.8. The Labute approximate surface area is 156 Å². The van der Waals surface area contributed by atoms with Crippen molar-refractivity contribution >= 4 is 27.8 Å². The number of methoxy groups -OCH3 is 2. The van der Waals surface area contributed by atoms with Gasteiger partial charge in [0.2, 0.25) is 5.91 Å². The molecule has 138 valence electrons. The summed E-state index contributed by atoms with van der Waals surface area (Å²) in [5.74, 6) is 0.493.